The van der Waals surface area contributed by atoms with Crippen molar-refractivity contribution >= 4 is 11.8 Å². The molecule has 0 saturated carbocycles. The average molecular weight is 303 g/mol. The van der Waals surface area contributed by atoms with E-state index in [0.717, 1.165) is 11.3 Å². The third-order valence-corrected chi connectivity index (χ3v) is 4.53. The Labute approximate surface area is 129 Å². The van der Waals surface area contributed by atoms with Crippen molar-refractivity contribution in [2.45, 2.75) is 39.3 Å². The van der Waals surface area contributed by atoms with Crippen molar-refractivity contribution in [1.82, 2.24) is 14.8 Å². The molecule has 1 aromatic rings. The molecule has 1 saturated heterocycles. The summed E-state index contributed by atoms with van der Waals surface area (Å²) in [4.78, 5) is 42.4. The van der Waals surface area contributed by atoms with Crippen LogP contribution in [0.25, 0.3) is 0 Å². The lowest BCUT2D eigenvalue weighted by atomic mass is 10.0. The molecule has 0 aliphatic carbocycles. The van der Waals surface area contributed by atoms with Gasteiger partial charge in [-0.15, -0.1) is 0 Å². The maximum absolute atomic E-state index is 12.7. The maximum atomic E-state index is 12.7. The number of hydrogen-bond acceptors (Lipinski definition) is 3. The standard InChI is InChI=1S/C16H21N3O3/c1-10(2)19-9-12(7-15(19)21)16(22)18-6-5-13-11(8-18)3-4-14(20)17-13/h3-4,10,12H,5-9H2,1-2H3,(H,17,20). The van der Waals surface area contributed by atoms with Crippen LogP contribution in [-0.2, 0) is 22.6 Å². The van der Waals surface area contributed by atoms with Crippen molar-refractivity contribution in [3.8, 4) is 0 Å². The first-order valence-electron chi connectivity index (χ1n) is 7.75. The number of nitrogens with one attached hydrogen (secondary N) is 1. The topological polar surface area (TPSA) is 73.5 Å². The first-order chi connectivity index (χ1) is 10.5. The molecule has 3 rings (SSSR count). The largest absolute Gasteiger partial charge is 0.339 e. The van der Waals surface area contributed by atoms with Gasteiger partial charge in [0, 0.05) is 50.3 Å². The Bertz CT molecular complexity index is 665. The Morgan fingerprint density at radius 2 is 2.09 bits per heavy atom. The van der Waals surface area contributed by atoms with Crippen LogP contribution in [0.2, 0.25) is 0 Å². The molecule has 3 heterocycles. The molecule has 0 aromatic carbocycles. The van der Waals surface area contributed by atoms with E-state index in [1.54, 1.807) is 11.0 Å². The molecular weight excluding hydrogens is 282 g/mol. The zero-order valence-corrected chi connectivity index (χ0v) is 13.0. The second-order valence-corrected chi connectivity index (χ2v) is 6.38. The van der Waals surface area contributed by atoms with Crippen LogP contribution < -0.4 is 5.56 Å². The molecule has 0 bridgehead atoms. The Morgan fingerprint density at radius 3 is 2.77 bits per heavy atom. The number of likely N-dealkylation sites (tertiary alicyclic amines) is 1. The van der Waals surface area contributed by atoms with Crippen LogP contribution in [0, 0.1) is 5.92 Å². The molecule has 1 N–H and O–H groups in total. The summed E-state index contributed by atoms with van der Waals surface area (Å²) in [6, 6.07) is 3.41. The van der Waals surface area contributed by atoms with Gasteiger partial charge in [0.15, 0.2) is 0 Å². The minimum Gasteiger partial charge on any atom is -0.339 e. The highest BCUT2D eigenvalue weighted by Gasteiger charge is 2.38. The van der Waals surface area contributed by atoms with Gasteiger partial charge in [-0.3, -0.25) is 14.4 Å². The van der Waals surface area contributed by atoms with Gasteiger partial charge in [-0.25, -0.2) is 0 Å². The van der Waals surface area contributed by atoms with Gasteiger partial charge in [0.05, 0.1) is 5.92 Å². The van der Waals surface area contributed by atoms with Crippen LogP contribution >= 0.6 is 0 Å². The minimum absolute atomic E-state index is 0.0494. The molecule has 1 aromatic heterocycles. The van der Waals surface area contributed by atoms with E-state index in [1.165, 1.54) is 6.07 Å². The zero-order chi connectivity index (χ0) is 15.9. The Balaban J connectivity index is 1.71. The van der Waals surface area contributed by atoms with Crippen LogP contribution in [0.4, 0.5) is 0 Å². The lowest BCUT2D eigenvalue weighted by Crippen LogP contribution is -2.41. The van der Waals surface area contributed by atoms with Gasteiger partial charge < -0.3 is 14.8 Å². The lowest BCUT2D eigenvalue weighted by molar-refractivity contribution is -0.136. The molecule has 0 spiro atoms. The number of rotatable bonds is 2. The van der Waals surface area contributed by atoms with Crippen molar-refractivity contribution in [1.29, 1.82) is 0 Å². The van der Waals surface area contributed by atoms with E-state index in [9.17, 15) is 14.4 Å². The maximum Gasteiger partial charge on any atom is 0.248 e. The molecule has 2 aliphatic heterocycles. The van der Waals surface area contributed by atoms with Crippen molar-refractivity contribution in [3.05, 3.63) is 33.7 Å². The van der Waals surface area contributed by atoms with Crippen LogP contribution in [-0.4, -0.2) is 45.7 Å². The number of amides is 2. The minimum atomic E-state index is -0.237. The molecule has 0 radical (unpaired) electrons. The molecule has 6 nitrogen and oxygen atoms in total. The van der Waals surface area contributed by atoms with Crippen LogP contribution in [0.15, 0.2) is 16.9 Å². The Hall–Kier alpha value is -2.11. The van der Waals surface area contributed by atoms with Gasteiger partial charge in [0.2, 0.25) is 17.4 Å². The molecule has 22 heavy (non-hydrogen) atoms. The number of hydrogen-bond donors (Lipinski definition) is 1. The summed E-state index contributed by atoms with van der Waals surface area (Å²) in [5.74, 6) is -0.123. The molecule has 2 aliphatic rings. The molecule has 6 heteroatoms. The van der Waals surface area contributed by atoms with Gasteiger partial charge >= 0.3 is 0 Å². The number of fused-ring (bicyclic) bond motifs is 1. The molecule has 1 atom stereocenters. The van der Waals surface area contributed by atoms with Crippen molar-refractivity contribution in [3.63, 3.8) is 0 Å². The number of carbonyl (C=O) groups is 2. The van der Waals surface area contributed by atoms with Gasteiger partial charge in [-0.1, -0.05) is 6.07 Å². The molecule has 1 unspecified atom stereocenters. The monoisotopic (exact) mass is 303 g/mol. The number of aromatic nitrogens is 1. The van der Waals surface area contributed by atoms with E-state index in [-0.39, 0.29) is 29.3 Å². The highest BCUT2D eigenvalue weighted by molar-refractivity contribution is 5.89. The predicted octanol–water partition coefficient (Wildman–Crippen LogP) is 0.516. The van der Waals surface area contributed by atoms with E-state index in [0.29, 0.717) is 32.5 Å². The number of carbonyl (C=O) groups excluding carboxylic acids is 2. The quantitative estimate of drug-likeness (QED) is 0.865. The van der Waals surface area contributed by atoms with Crippen LogP contribution in [0.1, 0.15) is 31.5 Å². The van der Waals surface area contributed by atoms with Gasteiger partial charge in [-0.05, 0) is 19.4 Å². The third-order valence-electron chi connectivity index (χ3n) is 4.53. The molecule has 2 amide bonds. The van der Waals surface area contributed by atoms with E-state index in [1.807, 2.05) is 18.7 Å². The predicted molar refractivity (Wildman–Crippen MR) is 81.1 cm³/mol. The average Bonchev–Trinajstić information content (AvgIpc) is 2.88. The SMILES string of the molecule is CC(C)N1CC(C(=O)N2CCc3[nH]c(=O)ccc3C2)CC1=O. The number of pyridine rings is 1. The second-order valence-electron chi connectivity index (χ2n) is 6.38. The Kier molecular flexibility index (Phi) is 3.76. The fraction of sp³-hybridized carbons (Fsp3) is 0.562. The van der Waals surface area contributed by atoms with Gasteiger partial charge in [-0.2, -0.15) is 0 Å². The summed E-state index contributed by atoms with van der Waals surface area (Å²) >= 11 is 0. The summed E-state index contributed by atoms with van der Waals surface area (Å²) in [7, 11) is 0. The zero-order valence-electron chi connectivity index (χ0n) is 13.0. The fourth-order valence-electron chi connectivity index (χ4n) is 3.29. The first kappa shape index (κ1) is 14.8. The smallest absolute Gasteiger partial charge is 0.248 e. The molecular formula is C16H21N3O3. The van der Waals surface area contributed by atoms with Crippen LogP contribution in [0.5, 0.6) is 0 Å². The lowest BCUT2D eigenvalue weighted by Gasteiger charge is -2.30. The molecule has 1 fully saturated rings. The number of aromatic amines is 1. The fourth-order valence-corrected chi connectivity index (χ4v) is 3.29. The highest BCUT2D eigenvalue weighted by atomic mass is 16.2. The summed E-state index contributed by atoms with van der Waals surface area (Å²) in [5, 5.41) is 0. The number of nitrogens with zero attached hydrogens (tertiary/aromatic N) is 2. The second kappa shape index (κ2) is 5.59. The summed E-state index contributed by atoms with van der Waals surface area (Å²) in [6.45, 7) is 5.57. The summed E-state index contributed by atoms with van der Waals surface area (Å²) < 4.78 is 0. The summed E-state index contributed by atoms with van der Waals surface area (Å²) in [6.07, 6.45) is 0.970. The van der Waals surface area contributed by atoms with E-state index in [4.69, 9.17) is 0 Å². The highest BCUT2D eigenvalue weighted by Crippen LogP contribution is 2.24. The Morgan fingerprint density at radius 1 is 1.32 bits per heavy atom. The molecule has 118 valence electrons. The van der Waals surface area contributed by atoms with E-state index >= 15 is 0 Å². The summed E-state index contributed by atoms with van der Waals surface area (Å²) in [5.41, 5.74) is 1.81. The normalized spacial score (nSPS) is 21.4. The van der Waals surface area contributed by atoms with E-state index < -0.39 is 0 Å². The van der Waals surface area contributed by atoms with Crippen molar-refractivity contribution in [2.24, 2.45) is 5.92 Å². The van der Waals surface area contributed by atoms with Crippen molar-refractivity contribution in [2.75, 3.05) is 13.1 Å². The van der Waals surface area contributed by atoms with E-state index in [2.05, 4.69) is 4.98 Å². The number of H-pyrrole nitrogens is 1. The van der Waals surface area contributed by atoms with Crippen molar-refractivity contribution < 1.29 is 9.59 Å². The van der Waals surface area contributed by atoms with Gasteiger partial charge in [0.25, 0.3) is 0 Å². The first-order valence-corrected chi connectivity index (χ1v) is 7.75. The third kappa shape index (κ3) is 2.65. The van der Waals surface area contributed by atoms with Gasteiger partial charge in [0.1, 0.15) is 0 Å². The van der Waals surface area contributed by atoms with Crippen LogP contribution in [0.3, 0.4) is 0 Å².